The van der Waals surface area contributed by atoms with Gasteiger partial charge in [0.25, 0.3) is 0 Å². The molecule has 0 aliphatic carbocycles. The van der Waals surface area contributed by atoms with E-state index in [-0.39, 0.29) is 6.04 Å². The Bertz CT molecular complexity index is 252. The van der Waals surface area contributed by atoms with Crippen molar-refractivity contribution >= 4 is 11.3 Å². The Kier molecular flexibility index (Phi) is 3.56. The third-order valence-electron chi connectivity index (χ3n) is 2.86. The summed E-state index contributed by atoms with van der Waals surface area (Å²) in [6.07, 6.45) is 3.84. The van der Waals surface area contributed by atoms with Crippen LogP contribution >= 0.6 is 11.3 Å². The number of nitrogens with two attached hydrogens (primary N) is 1. The topological polar surface area (TPSA) is 29.3 Å². The molecule has 2 rings (SSSR count). The molecule has 14 heavy (non-hydrogen) atoms. The predicted molar refractivity (Wildman–Crippen MR) is 61.5 cm³/mol. The summed E-state index contributed by atoms with van der Waals surface area (Å²) in [7, 11) is 0. The van der Waals surface area contributed by atoms with Gasteiger partial charge < -0.3 is 10.6 Å². The fraction of sp³-hybridized carbons (Fsp3) is 0.636. The average molecular weight is 210 g/mol. The first-order valence-electron chi connectivity index (χ1n) is 5.37. The van der Waals surface area contributed by atoms with Crippen LogP contribution in [0, 0.1) is 0 Å². The molecule has 0 amide bonds. The average Bonchev–Trinajstić information content (AvgIpc) is 2.87. The first-order chi connectivity index (χ1) is 6.86. The molecule has 0 unspecified atom stereocenters. The minimum absolute atomic E-state index is 0.246. The van der Waals surface area contributed by atoms with Gasteiger partial charge in [-0.15, -0.1) is 11.3 Å². The molecule has 1 aliphatic heterocycles. The highest BCUT2D eigenvalue weighted by Gasteiger charge is 2.13. The van der Waals surface area contributed by atoms with Crippen LogP contribution in [0.15, 0.2) is 17.5 Å². The molecule has 78 valence electrons. The van der Waals surface area contributed by atoms with Crippen molar-refractivity contribution in [3.05, 3.63) is 22.4 Å². The molecule has 2 N–H and O–H groups in total. The highest BCUT2D eigenvalue weighted by molar-refractivity contribution is 7.10. The molecule has 0 spiro atoms. The van der Waals surface area contributed by atoms with E-state index in [0.29, 0.717) is 0 Å². The van der Waals surface area contributed by atoms with Gasteiger partial charge in [-0.1, -0.05) is 6.07 Å². The molecule has 1 aromatic rings. The Labute approximate surface area is 89.7 Å². The van der Waals surface area contributed by atoms with Gasteiger partial charge in [0.1, 0.15) is 0 Å². The Morgan fingerprint density at radius 1 is 1.43 bits per heavy atom. The molecule has 1 fully saturated rings. The Balaban J connectivity index is 1.74. The van der Waals surface area contributed by atoms with Crippen molar-refractivity contribution < 1.29 is 0 Å². The Morgan fingerprint density at radius 2 is 2.21 bits per heavy atom. The molecule has 0 radical (unpaired) electrons. The lowest BCUT2D eigenvalue weighted by Gasteiger charge is -2.17. The van der Waals surface area contributed by atoms with Crippen LogP contribution in [0.25, 0.3) is 0 Å². The van der Waals surface area contributed by atoms with Crippen LogP contribution in [-0.4, -0.2) is 24.5 Å². The molecular formula is C11H18N2S. The molecule has 0 saturated carbocycles. The smallest absolute Gasteiger partial charge is 0.0401 e. The summed E-state index contributed by atoms with van der Waals surface area (Å²) in [6.45, 7) is 3.72. The second-order valence-corrected chi connectivity index (χ2v) is 4.94. The van der Waals surface area contributed by atoms with E-state index >= 15 is 0 Å². The molecular weight excluding hydrogens is 192 g/mol. The first kappa shape index (κ1) is 10.1. The summed E-state index contributed by atoms with van der Waals surface area (Å²) in [6, 6.07) is 4.46. The summed E-state index contributed by atoms with van der Waals surface area (Å²) < 4.78 is 0. The van der Waals surface area contributed by atoms with Gasteiger partial charge in [0.15, 0.2) is 0 Å². The van der Waals surface area contributed by atoms with Crippen molar-refractivity contribution in [1.82, 2.24) is 4.90 Å². The van der Waals surface area contributed by atoms with E-state index in [1.165, 1.54) is 37.4 Å². The summed E-state index contributed by atoms with van der Waals surface area (Å²) in [5, 5.41) is 2.10. The van der Waals surface area contributed by atoms with Crippen LogP contribution in [0.1, 0.15) is 30.2 Å². The second kappa shape index (κ2) is 4.91. The van der Waals surface area contributed by atoms with E-state index in [1.807, 2.05) is 0 Å². The zero-order chi connectivity index (χ0) is 9.80. The molecule has 0 bridgehead atoms. The van der Waals surface area contributed by atoms with Crippen LogP contribution < -0.4 is 5.73 Å². The van der Waals surface area contributed by atoms with Gasteiger partial charge >= 0.3 is 0 Å². The van der Waals surface area contributed by atoms with Crippen molar-refractivity contribution in [2.75, 3.05) is 19.6 Å². The fourth-order valence-electron chi connectivity index (χ4n) is 1.97. The predicted octanol–water partition coefficient (Wildman–Crippen LogP) is 2.23. The Hall–Kier alpha value is -0.380. The fourth-order valence-corrected chi connectivity index (χ4v) is 2.74. The molecule has 1 aliphatic rings. The third-order valence-corrected chi connectivity index (χ3v) is 3.87. The Morgan fingerprint density at radius 3 is 2.86 bits per heavy atom. The largest absolute Gasteiger partial charge is 0.323 e. The number of thiophene rings is 1. The lowest BCUT2D eigenvalue weighted by Crippen LogP contribution is -2.24. The van der Waals surface area contributed by atoms with E-state index < -0.39 is 0 Å². The molecule has 1 aromatic heterocycles. The minimum Gasteiger partial charge on any atom is -0.323 e. The lowest BCUT2D eigenvalue weighted by molar-refractivity contribution is 0.323. The van der Waals surface area contributed by atoms with E-state index in [0.717, 1.165) is 6.42 Å². The lowest BCUT2D eigenvalue weighted by atomic mass is 10.2. The number of hydrogen-bond donors (Lipinski definition) is 1. The zero-order valence-electron chi connectivity index (χ0n) is 8.48. The molecule has 1 saturated heterocycles. The highest BCUT2D eigenvalue weighted by Crippen LogP contribution is 2.20. The van der Waals surface area contributed by atoms with Crippen LogP contribution in [0.5, 0.6) is 0 Å². The molecule has 3 heteroatoms. The SMILES string of the molecule is N[C@H](CCN1CCCC1)c1cccs1. The maximum Gasteiger partial charge on any atom is 0.0401 e. The van der Waals surface area contributed by atoms with Crippen LogP contribution in [0.3, 0.4) is 0 Å². The standard InChI is InChI=1S/C11H18N2S/c12-10(11-4-3-9-14-11)5-8-13-6-1-2-7-13/h3-4,9-10H,1-2,5-8,12H2/t10-/m1/s1. The molecule has 2 nitrogen and oxygen atoms in total. The number of rotatable bonds is 4. The van der Waals surface area contributed by atoms with Gasteiger partial charge in [-0.05, 0) is 50.3 Å². The maximum absolute atomic E-state index is 6.10. The summed E-state index contributed by atoms with van der Waals surface area (Å²) in [5.74, 6) is 0. The van der Waals surface area contributed by atoms with Gasteiger partial charge in [-0.25, -0.2) is 0 Å². The monoisotopic (exact) mass is 210 g/mol. The number of hydrogen-bond acceptors (Lipinski definition) is 3. The van der Waals surface area contributed by atoms with Crippen molar-refractivity contribution in [1.29, 1.82) is 0 Å². The molecule has 0 aromatic carbocycles. The number of likely N-dealkylation sites (tertiary alicyclic amines) is 1. The maximum atomic E-state index is 6.10. The molecule has 1 atom stereocenters. The normalized spacial score (nSPS) is 20.1. The van der Waals surface area contributed by atoms with Gasteiger partial charge in [0, 0.05) is 10.9 Å². The second-order valence-electron chi connectivity index (χ2n) is 3.96. The van der Waals surface area contributed by atoms with Crippen LogP contribution in [0.2, 0.25) is 0 Å². The van der Waals surface area contributed by atoms with Gasteiger partial charge in [-0.3, -0.25) is 0 Å². The van der Waals surface area contributed by atoms with Crippen molar-refractivity contribution in [2.45, 2.75) is 25.3 Å². The highest BCUT2D eigenvalue weighted by atomic mass is 32.1. The van der Waals surface area contributed by atoms with Gasteiger partial charge in [-0.2, -0.15) is 0 Å². The van der Waals surface area contributed by atoms with Crippen molar-refractivity contribution in [3.8, 4) is 0 Å². The van der Waals surface area contributed by atoms with E-state index in [2.05, 4.69) is 22.4 Å². The zero-order valence-corrected chi connectivity index (χ0v) is 9.30. The van der Waals surface area contributed by atoms with Crippen molar-refractivity contribution in [3.63, 3.8) is 0 Å². The summed E-state index contributed by atoms with van der Waals surface area (Å²) >= 11 is 1.77. The number of nitrogens with zero attached hydrogens (tertiary/aromatic N) is 1. The van der Waals surface area contributed by atoms with E-state index in [9.17, 15) is 0 Å². The quantitative estimate of drug-likeness (QED) is 0.826. The van der Waals surface area contributed by atoms with E-state index in [1.54, 1.807) is 11.3 Å². The van der Waals surface area contributed by atoms with Crippen molar-refractivity contribution in [2.24, 2.45) is 5.73 Å². The van der Waals surface area contributed by atoms with Crippen LogP contribution in [-0.2, 0) is 0 Å². The summed E-state index contributed by atoms with van der Waals surface area (Å²) in [5.41, 5.74) is 6.10. The summed E-state index contributed by atoms with van der Waals surface area (Å²) in [4.78, 5) is 3.84. The van der Waals surface area contributed by atoms with Gasteiger partial charge in [0.2, 0.25) is 0 Å². The van der Waals surface area contributed by atoms with Crippen LogP contribution in [0.4, 0.5) is 0 Å². The third kappa shape index (κ3) is 2.56. The van der Waals surface area contributed by atoms with E-state index in [4.69, 9.17) is 5.73 Å². The van der Waals surface area contributed by atoms with Gasteiger partial charge in [0.05, 0.1) is 0 Å². The molecule has 2 heterocycles. The minimum atomic E-state index is 0.246. The first-order valence-corrected chi connectivity index (χ1v) is 6.25.